The fraction of sp³-hybridized carbons (Fsp3) is 0.118. The lowest BCUT2D eigenvalue weighted by Gasteiger charge is -2.11. The first-order valence-electron chi connectivity index (χ1n) is 7.59. The van der Waals surface area contributed by atoms with Crippen molar-refractivity contribution in [1.29, 1.82) is 0 Å². The number of sulfonamides is 1. The van der Waals surface area contributed by atoms with Gasteiger partial charge >= 0.3 is 0 Å². The highest BCUT2D eigenvalue weighted by atomic mass is 32.2. The number of anilines is 1. The maximum Gasteiger partial charge on any atom is 0.276 e. The summed E-state index contributed by atoms with van der Waals surface area (Å²) in [7, 11) is -0.493. The number of hydrogen-bond donors (Lipinski definition) is 1. The maximum atomic E-state index is 12.1. The average Bonchev–Trinajstić information content (AvgIpc) is 3.11. The summed E-state index contributed by atoms with van der Waals surface area (Å²) in [6.45, 7) is 0. The molecule has 3 rings (SSSR count). The summed E-state index contributed by atoms with van der Waals surface area (Å²) in [5.74, 6) is -0.334. The minimum atomic E-state index is -3.47. The molecule has 0 radical (unpaired) electrons. The quantitative estimate of drug-likeness (QED) is 0.725. The predicted molar refractivity (Wildman–Crippen MR) is 101 cm³/mol. The number of pyridine rings is 1. The van der Waals surface area contributed by atoms with Crippen molar-refractivity contribution in [3.63, 3.8) is 0 Å². The summed E-state index contributed by atoms with van der Waals surface area (Å²) >= 11 is 1.28. The van der Waals surface area contributed by atoms with Crippen LogP contribution in [0.25, 0.3) is 11.3 Å². The minimum Gasteiger partial charge on any atom is -0.296 e. The molecule has 26 heavy (non-hydrogen) atoms. The van der Waals surface area contributed by atoms with Crippen LogP contribution in [0.3, 0.4) is 0 Å². The number of rotatable bonds is 5. The summed E-state index contributed by atoms with van der Waals surface area (Å²) in [5, 5.41) is 4.94. The highest BCUT2D eigenvalue weighted by Crippen LogP contribution is 2.26. The molecule has 9 heteroatoms. The van der Waals surface area contributed by atoms with Crippen LogP contribution < -0.4 is 5.32 Å². The third-order valence-corrected chi connectivity index (χ3v) is 6.14. The highest BCUT2D eigenvalue weighted by Gasteiger charge is 2.17. The first-order chi connectivity index (χ1) is 12.4. The Morgan fingerprint density at radius 2 is 1.85 bits per heavy atom. The van der Waals surface area contributed by atoms with Crippen LogP contribution in [0.5, 0.6) is 0 Å². The summed E-state index contributed by atoms with van der Waals surface area (Å²) in [5.41, 5.74) is 1.72. The van der Waals surface area contributed by atoms with Gasteiger partial charge in [0.05, 0.1) is 10.6 Å². The molecule has 0 aliphatic carbocycles. The van der Waals surface area contributed by atoms with Gasteiger partial charge in [-0.3, -0.25) is 15.1 Å². The van der Waals surface area contributed by atoms with Gasteiger partial charge in [-0.25, -0.2) is 17.7 Å². The van der Waals surface area contributed by atoms with Crippen LogP contribution >= 0.6 is 11.3 Å². The van der Waals surface area contributed by atoms with Gasteiger partial charge in [-0.15, -0.1) is 11.3 Å². The van der Waals surface area contributed by atoms with E-state index in [1.54, 1.807) is 41.9 Å². The third-order valence-electron chi connectivity index (χ3n) is 3.55. The van der Waals surface area contributed by atoms with Crippen molar-refractivity contribution in [3.05, 3.63) is 59.7 Å². The van der Waals surface area contributed by atoms with E-state index in [9.17, 15) is 13.2 Å². The van der Waals surface area contributed by atoms with Gasteiger partial charge in [0, 0.05) is 31.2 Å². The minimum absolute atomic E-state index is 0.213. The van der Waals surface area contributed by atoms with Crippen molar-refractivity contribution in [2.45, 2.75) is 4.90 Å². The van der Waals surface area contributed by atoms with E-state index < -0.39 is 10.0 Å². The van der Waals surface area contributed by atoms with Gasteiger partial charge in [0.1, 0.15) is 5.69 Å². The molecule has 134 valence electrons. The molecular weight excluding hydrogens is 372 g/mol. The van der Waals surface area contributed by atoms with Crippen LogP contribution in [0.1, 0.15) is 10.5 Å². The van der Waals surface area contributed by atoms with E-state index >= 15 is 0 Å². The number of carbonyl (C=O) groups is 1. The molecule has 7 nitrogen and oxygen atoms in total. The summed E-state index contributed by atoms with van der Waals surface area (Å²) in [4.78, 5) is 20.7. The van der Waals surface area contributed by atoms with Crippen molar-refractivity contribution in [2.24, 2.45) is 0 Å². The molecule has 3 aromatic rings. The predicted octanol–water partition coefficient (Wildman–Crippen LogP) is 2.71. The number of hydrogen-bond acceptors (Lipinski definition) is 6. The van der Waals surface area contributed by atoms with E-state index in [1.165, 1.54) is 37.6 Å². The molecular formula is C17H16N4O3S2. The van der Waals surface area contributed by atoms with Crippen LogP contribution in [0, 0.1) is 0 Å². The molecule has 0 atom stereocenters. The number of nitrogens with one attached hydrogen (secondary N) is 1. The van der Waals surface area contributed by atoms with Crippen LogP contribution in [0.4, 0.5) is 5.13 Å². The smallest absolute Gasteiger partial charge is 0.276 e. The molecule has 0 aliphatic rings. The van der Waals surface area contributed by atoms with Crippen LogP contribution in [0.2, 0.25) is 0 Å². The van der Waals surface area contributed by atoms with E-state index in [2.05, 4.69) is 15.3 Å². The number of benzene rings is 1. The zero-order valence-corrected chi connectivity index (χ0v) is 15.7. The lowest BCUT2D eigenvalue weighted by molar-refractivity contribution is 0.102. The van der Waals surface area contributed by atoms with Gasteiger partial charge in [-0.05, 0) is 24.3 Å². The SMILES string of the molecule is CN(C)S(=O)(=O)c1ccc(-c2csc(NC(=O)c3ccccn3)n2)cc1. The fourth-order valence-electron chi connectivity index (χ4n) is 2.13. The molecule has 0 saturated carbocycles. The summed E-state index contributed by atoms with van der Waals surface area (Å²) in [6, 6.07) is 11.5. The second-order valence-electron chi connectivity index (χ2n) is 5.52. The molecule has 0 fully saturated rings. The normalized spacial score (nSPS) is 11.5. The number of aromatic nitrogens is 2. The zero-order valence-electron chi connectivity index (χ0n) is 14.1. The molecule has 2 aromatic heterocycles. The number of carbonyl (C=O) groups excluding carboxylic acids is 1. The Labute approximate surface area is 155 Å². The van der Waals surface area contributed by atoms with E-state index in [1.807, 2.05) is 0 Å². The highest BCUT2D eigenvalue weighted by molar-refractivity contribution is 7.89. The Hall–Kier alpha value is -2.62. The van der Waals surface area contributed by atoms with E-state index in [-0.39, 0.29) is 10.8 Å². The van der Waals surface area contributed by atoms with Gasteiger partial charge in [-0.2, -0.15) is 0 Å². The van der Waals surface area contributed by atoms with Crippen LogP contribution in [-0.2, 0) is 10.0 Å². The Kier molecular flexibility index (Phi) is 5.12. The summed E-state index contributed by atoms with van der Waals surface area (Å²) < 4.78 is 25.4. The maximum absolute atomic E-state index is 12.1. The largest absolute Gasteiger partial charge is 0.296 e. The second kappa shape index (κ2) is 7.32. The van der Waals surface area contributed by atoms with E-state index in [4.69, 9.17) is 0 Å². The number of amides is 1. The fourth-order valence-corrected chi connectivity index (χ4v) is 3.75. The van der Waals surface area contributed by atoms with Gasteiger partial charge in [-0.1, -0.05) is 18.2 Å². The topological polar surface area (TPSA) is 92.3 Å². The number of thiazole rings is 1. The van der Waals surface area contributed by atoms with Crippen molar-refractivity contribution < 1.29 is 13.2 Å². The molecule has 0 saturated heterocycles. The molecule has 0 spiro atoms. The lowest BCUT2D eigenvalue weighted by atomic mass is 10.2. The molecule has 1 aromatic carbocycles. The van der Waals surface area contributed by atoms with Gasteiger partial charge < -0.3 is 0 Å². The molecule has 1 N–H and O–H groups in total. The van der Waals surface area contributed by atoms with Crippen LogP contribution in [-0.4, -0.2) is 42.7 Å². The Morgan fingerprint density at radius 3 is 2.46 bits per heavy atom. The first-order valence-corrected chi connectivity index (χ1v) is 9.91. The van der Waals surface area contributed by atoms with Gasteiger partial charge in [0.2, 0.25) is 10.0 Å². The Bertz CT molecular complexity index is 1010. The Morgan fingerprint density at radius 1 is 1.12 bits per heavy atom. The first kappa shape index (κ1) is 18.2. The third kappa shape index (κ3) is 3.79. The number of nitrogens with zero attached hydrogens (tertiary/aromatic N) is 3. The van der Waals surface area contributed by atoms with E-state index in [0.717, 1.165) is 9.87 Å². The molecule has 0 aliphatic heterocycles. The standard InChI is InChI=1S/C17H16N4O3S2/c1-21(2)26(23,24)13-8-6-12(7-9-13)15-11-25-17(19-15)20-16(22)14-5-3-4-10-18-14/h3-11H,1-2H3,(H,19,20,22). The van der Waals surface area contributed by atoms with Crippen molar-refractivity contribution in [3.8, 4) is 11.3 Å². The van der Waals surface area contributed by atoms with Crippen molar-refractivity contribution >= 4 is 32.4 Å². The Balaban J connectivity index is 1.77. The van der Waals surface area contributed by atoms with Gasteiger partial charge in [0.15, 0.2) is 5.13 Å². The van der Waals surface area contributed by atoms with Crippen molar-refractivity contribution in [2.75, 3.05) is 19.4 Å². The molecule has 0 bridgehead atoms. The van der Waals surface area contributed by atoms with Crippen molar-refractivity contribution in [1.82, 2.24) is 14.3 Å². The second-order valence-corrected chi connectivity index (χ2v) is 8.53. The molecule has 2 heterocycles. The van der Waals surface area contributed by atoms with Crippen LogP contribution in [0.15, 0.2) is 58.9 Å². The van der Waals surface area contributed by atoms with Gasteiger partial charge in [0.25, 0.3) is 5.91 Å². The average molecular weight is 388 g/mol. The van der Waals surface area contributed by atoms with E-state index in [0.29, 0.717) is 16.5 Å². The lowest BCUT2D eigenvalue weighted by Crippen LogP contribution is -2.22. The summed E-state index contributed by atoms with van der Waals surface area (Å²) in [6.07, 6.45) is 1.55. The zero-order chi connectivity index (χ0) is 18.7. The molecule has 0 unspecified atom stereocenters. The molecule has 1 amide bonds. The monoisotopic (exact) mass is 388 g/mol.